The van der Waals surface area contributed by atoms with Crippen LogP contribution in [0.5, 0.6) is 0 Å². The third-order valence-electron chi connectivity index (χ3n) is 3.61. The molecule has 1 aliphatic rings. The first-order valence-corrected chi connectivity index (χ1v) is 10.8. The van der Waals surface area contributed by atoms with E-state index in [-0.39, 0.29) is 12.4 Å². The van der Waals surface area contributed by atoms with Gasteiger partial charge in [0.1, 0.15) is 18.1 Å². The Kier molecular flexibility index (Phi) is 4.95. The summed E-state index contributed by atoms with van der Waals surface area (Å²) in [6.07, 6.45) is 3.04. The molecule has 1 unspecified atom stereocenters. The van der Waals surface area contributed by atoms with Crippen LogP contribution in [0.3, 0.4) is 0 Å². The summed E-state index contributed by atoms with van der Waals surface area (Å²) in [5.74, 6) is -0.973. The van der Waals surface area contributed by atoms with Gasteiger partial charge in [-0.1, -0.05) is 0 Å². The third kappa shape index (κ3) is 4.42. The fourth-order valence-corrected chi connectivity index (χ4v) is 5.16. The fourth-order valence-electron chi connectivity index (χ4n) is 2.57. The zero-order valence-corrected chi connectivity index (χ0v) is 14.7. The van der Waals surface area contributed by atoms with E-state index in [2.05, 4.69) is 15.0 Å². The average molecular weight is 393 g/mol. The van der Waals surface area contributed by atoms with Crippen molar-refractivity contribution in [3.63, 3.8) is 0 Å². The molecule has 1 fully saturated rings. The maximum atomic E-state index is 11.6. The van der Waals surface area contributed by atoms with Crippen molar-refractivity contribution in [2.75, 3.05) is 18.2 Å². The minimum Gasteiger partial charge on any atom is -0.382 e. The number of imidazole rings is 1. The van der Waals surface area contributed by atoms with Crippen LogP contribution in [0.4, 0.5) is 5.82 Å². The lowest BCUT2D eigenvalue weighted by atomic mass is 10.2. The Hall–Kier alpha value is -1.39. The van der Waals surface area contributed by atoms with Gasteiger partial charge in [0.25, 0.3) is 0 Å². The Morgan fingerprint density at radius 3 is 2.76 bits per heavy atom. The number of ether oxygens (including phenoxy) is 1. The summed E-state index contributed by atoms with van der Waals surface area (Å²) >= 11 is 0. The van der Waals surface area contributed by atoms with Crippen LogP contribution in [0, 0.1) is 0 Å². The lowest BCUT2D eigenvalue weighted by molar-refractivity contribution is -0.0173. The predicted octanol–water partition coefficient (Wildman–Crippen LogP) is 0.423. The Balaban J connectivity index is 1.63. The molecule has 12 nitrogen and oxygen atoms in total. The van der Waals surface area contributed by atoms with Gasteiger partial charge in [0.15, 0.2) is 17.4 Å². The molecular weight excluding hydrogens is 376 g/mol. The molecule has 5 N–H and O–H groups in total. The first kappa shape index (κ1) is 18.4. The molecule has 2 aromatic heterocycles. The second-order valence-electron chi connectivity index (χ2n) is 5.61. The lowest BCUT2D eigenvalue weighted by Gasteiger charge is -2.17. The molecule has 0 amide bonds. The van der Waals surface area contributed by atoms with Crippen LogP contribution in [0.15, 0.2) is 12.7 Å². The van der Waals surface area contributed by atoms with Gasteiger partial charge in [-0.3, -0.25) is 13.7 Å². The Bertz CT molecular complexity index is 868. The molecule has 3 atom stereocenters. The van der Waals surface area contributed by atoms with E-state index in [4.69, 9.17) is 24.8 Å². The predicted molar refractivity (Wildman–Crippen MR) is 85.6 cm³/mol. The van der Waals surface area contributed by atoms with Gasteiger partial charge in [-0.25, -0.2) is 15.0 Å². The van der Waals surface area contributed by atoms with Crippen molar-refractivity contribution in [1.29, 1.82) is 0 Å². The number of hydrogen-bond donors (Lipinski definition) is 4. The van der Waals surface area contributed by atoms with E-state index in [1.54, 1.807) is 4.57 Å². The normalized spacial score (nSPS) is 23.8. The highest BCUT2D eigenvalue weighted by molar-refractivity contribution is 7.70. The summed E-state index contributed by atoms with van der Waals surface area (Å²) in [5, 5.41) is 0. The number of aromatic nitrogens is 4. The van der Waals surface area contributed by atoms with Crippen LogP contribution in [0.25, 0.3) is 11.2 Å². The largest absolute Gasteiger partial charge is 0.382 e. The molecule has 1 aliphatic heterocycles. The monoisotopic (exact) mass is 393 g/mol. The zero-order chi connectivity index (χ0) is 18.2. The van der Waals surface area contributed by atoms with Gasteiger partial charge in [-0.05, 0) is 12.8 Å². The highest BCUT2D eigenvalue weighted by atomic mass is 31.2. The summed E-state index contributed by atoms with van der Waals surface area (Å²) in [4.78, 5) is 39.1. The molecule has 3 heterocycles. The van der Waals surface area contributed by atoms with Crippen LogP contribution in [-0.4, -0.2) is 52.8 Å². The van der Waals surface area contributed by atoms with E-state index in [0.717, 1.165) is 0 Å². The molecular formula is C11H17N5O7P2. The molecule has 14 heteroatoms. The number of fused-ring (bicyclic) bond motifs is 1. The Morgan fingerprint density at radius 2 is 2.04 bits per heavy atom. The minimum absolute atomic E-state index is 0.250. The lowest BCUT2D eigenvalue weighted by Crippen LogP contribution is -2.16. The van der Waals surface area contributed by atoms with Crippen molar-refractivity contribution in [3.8, 4) is 0 Å². The topological polar surface area (TPSA) is 183 Å². The summed E-state index contributed by atoms with van der Waals surface area (Å²) < 4.78 is 34.7. The summed E-state index contributed by atoms with van der Waals surface area (Å²) in [5.41, 5.74) is 6.69. The minimum atomic E-state index is -4.65. The fraction of sp³-hybridized carbons (Fsp3) is 0.545. The van der Waals surface area contributed by atoms with Gasteiger partial charge in [0, 0.05) is 0 Å². The Labute approximate surface area is 141 Å². The molecule has 0 spiro atoms. The maximum absolute atomic E-state index is 11.6. The first-order chi connectivity index (χ1) is 11.6. The van der Waals surface area contributed by atoms with Gasteiger partial charge in [0.2, 0.25) is 0 Å². The van der Waals surface area contributed by atoms with Crippen molar-refractivity contribution in [1.82, 2.24) is 19.5 Å². The molecule has 138 valence electrons. The molecule has 1 saturated heterocycles. The second-order valence-corrected chi connectivity index (χ2v) is 9.61. The molecule has 0 bridgehead atoms. The van der Waals surface area contributed by atoms with E-state index >= 15 is 0 Å². The van der Waals surface area contributed by atoms with E-state index in [0.29, 0.717) is 24.0 Å². The van der Waals surface area contributed by atoms with E-state index in [1.807, 2.05) is 0 Å². The number of nitrogens with two attached hydrogens (primary N) is 1. The highest BCUT2D eigenvalue weighted by Crippen LogP contribution is 2.55. The van der Waals surface area contributed by atoms with Crippen LogP contribution in [0.2, 0.25) is 0 Å². The van der Waals surface area contributed by atoms with Crippen LogP contribution < -0.4 is 5.73 Å². The number of hydrogen-bond acceptors (Lipinski definition) is 8. The highest BCUT2D eigenvalue weighted by Gasteiger charge is 2.34. The second kappa shape index (κ2) is 6.73. The number of nitrogens with zero attached hydrogens (tertiary/aromatic N) is 4. The zero-order valence-electron chi connectivity index (χ0n) is 12.9. The Morgan fingerprint density at radius 1 is 1.28 bits per heavy atom. The first-order valence-electron chi connectivity index (χ1n) is 7.24. The summed E-state index contributed by atoms with van der Waals surface area (Å²) in [7, 11) is -9.04. The number of rotatable bonds is 6. The smallest absolute Gasteiger partial charge is 0.340 e. The van der Waals surface area contributed by atoms with Crippen LogP contribution >= 0.6 is 15.2 Å². The van der Waals surface area contributed by atoms with Crippen molar-refractivity contribution in [2.45, 2.75) is 25.2 Å². The van der Waals surface area contributed by atoms with Crippen LogP contribution in [-0.2, 0) is 18.4 Å². The van der Waals surface area contributed by atoms with Crippen molar-refractivity contribution < 1.29 is 33.1 Å². The van der Waals surface area contributed by atoms with Crippen molar-refractivity contribution in [2.24, 2.45) is 0 Å². The molecule has 0 saturated carbocycles. The standard InChI is InChI=1S/C11H17N5O7P2/c12-10-9-11(14-4-13-10)16(5-15-9)8-2-1-7(23-8)3-22-25(20,21)6-24(17,18)19/h4-5,7-8H,1-3,6H2,(H,20,21)(H2,12,13,14)(H2,17,18,19)/t7-,8+/m0/s1. The maximum Gasteiger partial charge on any atom is 0.340 e. The quantitative estimate of drug-likeness (QED) is 0.499. The number of anilines is 1. The van der Waals surface area contributed by atoms with Gasteiger partial charge in [-0.15, -0.1) is 0 Å². The average Bonchev–Trinajstić information content (AvgIpc) is 3.09. The van der Waals surface area contributed by atoms with Gasteiger partial charge in [0.05, 0.1) is 19.0 Å². The van der Waals surface area contributed by atoms with E-state index in [1.165, 1.54) is 12.7 Å². The van der Waals surface area contributed by atoms with Crippen molar-refractivity contribution >= 4 is 32.2 Å². The van der Waals surface area contributed by atoms with Gasteiger partial charge in [-0.2, -0.15) is 0 Å². The van der Waals surface area contributed by atoms with Crippen LogP contribution in [0.1, 0.15) is 19.1 Å². The van der Waals surface area contributed by atoms with E-state index < -0.39 is 33.4 Å². The molecule has 0 aliphatic carbocycles. The SMILES string of the molecule is Nc1ncnc2c1ncn2[C@H]1CC[C@@H](COP(=O)(O)CP(=O)(O)O)O1. The summed E-state index contributed by atoms with van der Waals surface area (Å²) in [6, 6.07) is 0. The van der Waals surface area contributed by atoms with Gasteiger partial charge >= 0.3 is 15.2 Å². The molecule has 0 aromatic carbocycles. The van der Waals surface area contributed by atoms with Crippen molar-refractivity contribution in [3.05, 3.63) is 12.7 Å². The molecule has 2 aromatic rings. The molecule has 0 radical (unpaired) electrons. The summed E-state index contributed by atoms with van der Waals surface area (Å²) in [6.45, 7) is -0.256. The molecule has 3 rings (SSSR count). The number of nitrogen functional groups attached to an aromatic ring is 1. The van der Waals surface area contributed by atoms with Gasteiger partial charge < -0.3 is 29.7 Å². The van der Waals surface area contributed by atoms with E-state index in [9.17, 15) is 14.0 Å². The third-order valence-corrected chi connectivity index (χ3v) is 7.06. The molecule has 25 heavy (non-hydrogen) atoms.